The molecule has 94 valence electrons. The maximum atomic E-state index is 11.3. The predicted molar refractivity (Wildman–Crippen MR) is 68.1 cm³/mol. The summed E-state index contributed by atoms with van der Waals surface area (Å²) in [4.78, 5) is 11.3. The summed E-state index contributed by atoms with van der Waals surface area (Å²) in [6, 6.07) is 2.96. The minimum absolute atomic E-state index is 0.304. The SMILES string of the molecule is COC(=O)c1cc(Cl)c(OCC(C)C)c(Cl)c1. The molecule has 0 fully saturated rings. The van der Waals surface area contributed by atoms with Gasteiger partial charge < -0.3 is 9.47 Å². The van der Waals surface area contributed by atoms with E-state index in [1.54, 1.807) is 0 Å². The molecule has 0 atom stereocenters. The molecule has 1 aromatic rings. The van der Waals surface area contributed by atoms with E-state index in [0.29, 0.717) is 33.9 Å². The van der Waals surface area contributed by atoms with Crippen LogP contribution in [0.15, 0.2) is 12.1 Å². The van der Waals surface area contributed by atoms with Crippen LogP contribution in [0.5, 0.6) is 5.75 Å². The normalized spacial score (nSPS) is 10.5. The lowest BCUT2D eigenvalue weighted by Gasteiger charge is -2.12. The van der Waals surface area contributed by atoms with E-state index < -0.39 is 5.97 Å². The van der Waals surface area contributed by atoms with Crippen molar-refractivity contribution in [1.29, 1.82) is 0 Å². The number of esters is 1. The van der Waals surface area contributed by atoms with Gasteiger partial charge in [0.1, 0.15) is 0 Å². The Labute approximate surface area is 111 Å². The van der Waals surface area contributed by atoms with Gasteiger partial charge in [0.25, 0.3) is 0 Å². The summed E-state index contributed by atoms with van der Waals surface area (Å²) in [5.74, 6) is 0.279. The van der Waals surface area contributed by atoms with Gasteiger partial charge in [-0.15, -0.1) is 0 Å². The molecule has 5 heteroatoms. The second kappa shape index (κ2) is 6.12. The Balaban J connectivity index is 2.98. The molecular weight excluding hydrogens is 263 g/mol. The summed E-state index contributed by atoms with van der Waals surface area (Å²) in [5.41, 5.74) is 0.305. The van der Waals surface area contributed by atoms with Crippen LogP contribution in [0.4, 0.5) is 0 Å². The van der Waals surface area contributed by atoms with Crippen molar-refractivity contribution in [3.8, 4) is 5.75 Å². The average Bonchev–Trinajstić information content (AvgIpc) is 2.26. The first-order valence-electron chi connectivity index (χ1n) is 5.15. The second-order valence-corrected chi connectivity index (χ2v) is 4.78. The summed E-state index contributed by atoms with van der Waals surface area (Å²) < 4.78 is 10.1. The quantitative estimate of drug-likeness (QED) is 0.785. The zero-order valence-corrected chi connectivity index (χ0v) is 11.4. The van der Waals surface area contributed by atoms with Crippen LogP contribution in [0, 0.1) is 5.92 Å². The van der Waals surface area contributed by atoms with Crippen LogP contribution < -0.4 is 4.74 Å². The molecule has 0 unspecified atom stereocenters. The van der Waals surface area contributed by atoms with Crippen molar-refractivity contribution in [1.82, 2.24) is 0 Å². The van der Waals surface area contributed by atoms with Gasteiger partial charge in [0.15, 0.2) is 5.75 Å². The standard InChI is InChI=1S/C12H14Cl2O3/c1-7(2)6-17-11-9(13)4-8(5-10(11)14)12(15)16-3/h4-5,7H,6H2,1-3H3. The molecule has 0 N–H and O–H groups in total. The lowest BCUT2D eigenvalue weighted by atomic mass is 10.2. The van der Waals surface area contributed by atoms with Crippen LogP contribution in [0.2, 0.25) is 10.0 Å². The summed E-state index contributed by atoms with van der Waals surface area (Å²) in [6.07, 6.45) is 0. The Morgan fingerprint density at radius 3 is 2.24 bits per heavy atom. The molecule has 17 heavy (non-hydrogen) atoms. The number of ether oxygens (including phenoxy) is 2. The molecule has 0 heterocycles. The number of methoxy groups -OCH3 is 1. The van der Waals surface area contributed by atoms with Gasteiger partial charge in [-0.2, -0.15) is 0 Å². The van der Waals surface area contributed by atoms with Crippen LogP contribution >= 0.6 is 23.2 Å². The first-order valence-corrected chi connectivity index (χ1v) is 5.91. The van der Waals surface area contributed by atoms with E-state index in [0.717, 1.165) is 0 Å². The van der Waals surface area contributed by atoms with Crippen LogP contribution in [0.1, 0.15) is 24.2 Å². The summed E-state index contributed by atoms with van der Waals surface area (Å²) in [6.45, 7) is 4.55. The highest BCUT2D eigenvalue weighted by molar-refractivity contribution is 6.37. The number of carbonyl (C=O) groups is 1. The van der Waals surface area contributed by atoms with Crippen molar-refractivity contribution in [2.75, 3.05) is 13.7 Å². The summed E-state index contributed by atoms with van der Waals surface area (Å²) in [5, 5.41) is 0.608. The van der Waals surface area contributed by atoms with E-state index in [9.17, 15) is 4.79 Å². The molecule has 1 rings (SSSR count). The molecule has 0 radical (unpaired) electrons. The van der Waals surface area contributed by atoms with E-state index in [2.05, 4.69) is 4.74 Å². The van der Waals surface area contributed by atoms with E-state index >= 15 is 0 Å². The van der Waals surface area contributed by atoms with Crippen molar-refractivity contribution < 1.29 is 14.3 Å². The molecule has 0 aromatic heterocycles. The largest absolute Gasteiger partial charge is 0.490 e. The topological polar surface area (TPSA) is 35.5 Å². The molecule has 0 aliphatic rings. The van der Waals surface area contributed by atoms with Gasteiger partial charge in [0, 0.05) is 0 Å². The third kappa shape index (κ3) is 3.79. The lowest BCUT2D eigenvalue weighted by Crippen LogP contribution is -2.06. The fourth-order valence-electron chi connectivity index (χ4n) is 1.18. The van der Waals surface area contributed by atoms with Gasteiger partial charge in [-0.3, -0.25) is 0 Å². The van der Waals surface area contributed by atoms with Gasteiger partial charge in [-0.05, 0) is 18.1 Å². The maximum absolute atomic E-state index is 11.3. The van der Waals surface area contributed by atoms with Crippen molar-refractivity contribution in [2.24, 2.45) is 5.92 Å². The summed E-state index contributed by atoms with van der Waals surface area (Å²) >= 11 is 12.0. The minimum Gasteiger partial charge on any atom is -0.490 e. The number of rotatable bonds is 4. The van der Waals surface area contributed by atoms with Crippen LogP contribution in [-0.4, -0.2) is 19.7 Å². The highest BCUT2D eigenvalue weighted by Gasteiger charge is 2.14. The molecule has 0 aliphatic heterocycles. The zero-order valence-electron chi connectivity index (χ0n) is 9.92. The lowest BCUT2D eigenvalue weighted by molar-refractivity contribution is 0.0600. The molecule has 3 nitrogen and oxygen atoms in total. The smallest absolute Gasteiger partial charge is 0.337 e. The first kappa shape index (κ1) is 14.1. The Hall–Kier alpha value is -0.930. The highest BCUT2D eigenvalue weighted by atomic mass is 35.5. The van der Waals surface area contributed by atoms with E-state index in [1.807, 2.05) is 13.8 Å². The third-order valence-electron chi connectivity index (χ3n) is 1.98. The van der Waals surface area contributed by atoms with Gasteiger partial charge >= 0.3 is 5.97 Å². The molecule has 1 aromatic carbocycles. The van der Waals surface area contributed by atoms with Gasteiger partial charge in [0.2, 0.25) is 0 Å². The molecule has 0 spiro atoms. The van der Waals surface area contributed by atoms with E-state index in [-0.39, 0.29) is 0 Å². The molecular formula is C12H14Cl2O3. The highest BCUT2D eigenvalue weighted by Crippen LogP contribution is 2.34. The number of hydrogen-bond donors (Lipinski definition) is 0. The molecule has 0 saturated carbocycles. The molecule has 0 saturated heterocycles. The number of halogens is 2. The van der Waals surface area contributed by atoms with Crippen molar-refractivity contribution in [3.63, 3.8) is 0 Å². The Morgan fingerprint density at radius 2 is 1.82 bits per heavy atom. The minimum atomic E-state index is -0.482. The number of benzene rings is 1. The van der Waals surface area contributed by atoms with Crippen molar-refractivity contribution in [2.45, 2.75) is 13.8 Å². The van der Waals surface area contributed by atoms with E-state index in [4.69, 9.17) is 27.9 Å². The van der Waals surface area contributed by atoms with Crippen LogP contribution in [-0.2, 0) is 4.74 Å². The van der Waals surface area contributed by atoms with Crippen molar-refractivity contribution in [3.05, 3.63) is 27.7 Å². The maximum Gasteiger partial charge on any atom is 0.337 e. The Morgan fingerprint density at radius 1 is 1.29 bits per heavy atom. The zero-order chi connectivity index (χ0) is 13.0. The average molecular weight is 277 g/mol. The van der Waals surface area contributed by atoms with Gasteiger partial charge in [0.05, 0.1) is 29.3 Å². The predicted octanol–water partition coefficient (Wildman–Crippen LogP) is 3.81. The Bertz CT molecular complexity index is 393. The monoisotopic (exact) mass is 276 g/mol. The van der Waals surface area contributed by atoms with Gasteiger partial charge in [-0.25, -0.2) is 4.79 Å². The van der Waals surface area contributed by atoms with E-state index in [1.165, 1.54) is 19.2 Å². The van der Waals surface area contributed by atoms with Crippen molar-refractivity contribution >= 4 is 29.2 Å². The molecule has 0 amide bonds. The number of hydrogen-bond acceptors (Lipinski definition) is 3. The number of carbonyl (C=O) groups excluding carboxylic acids is 1. The molecule has 0 aliphatic carbocycles. The van der Waals surface area contributed by atoms with Crippen LogP contribution in [0.3, 0.4) is 0 Å². The third-order valence-corrected chi connectivity index (χ3v) is 2.54. The fourth-order valence-corrected chi connectivity index (χ4v) is 1.78. The fraction of sp³-hybridized carbons (Fsp3) is 0.417. The molecule has 0 bridgehead atoms. The first-order chi connectivity index (χ1) is 7.95. The summed E-state index contributed by atoms with van der Waals surface area (Å²) in [7, 11) is 1.30. The Kier molecular flexibility index (Phi) is 5.09. The van der Waals surface area contributed by atoms with Crippen LogP contribution in [0.25, 0.3) is 0 Å². The van der Waals surface area contributed by atoms with Gasteiger partial charge in [-0.1, -0.05) is 37.0 Å². The second-order valence-electron chi connectivity index (χ2n) is 3.97.